The van der Waals surface area contributed by atoms with Crippen LogP contribution in [0, 0.1) is 11.8 Å². The van der Waals surface area contributed by atoms with Crippen LogP contribution in [0.5, 0.6) is 0 Å². The lowest BCUT2D eigenvalue weighted by Gasteiger charge is -2.39. The molecule has 0 aromatic rings. The SMILES string of the molecule is CCC1OC2OC(C)(OC)OC2C(C)C1C. The first-order valence-electron chi connectivity index (χ1n) is 6.07. The first-order chi connectivity index (χ1) is 7.50. The number of methoxy groups -OCH3 is 1. The fourth-order valence-electron chi connectivity index (χ4n) is 2.57. The van der Waals surface area contributed by atoms with Gasteiger partial charge in [-0.3, -0.25) is 4.74 Å². The van der Waals surface area contributed by atoms with E-state index in [4.69, 9.17) is 18.9 Å². The highest BCUT2D eigenvalue weighted by atomic mass is 16.9. The van der Waals surface area contributed by atoms with E-state index in [0.29, 0.717) is 11.8 Å². The van der Waals surface area contributed by atoms with Gasteiger partial charge < -0.3 is 14.2 Å². The molecule has 2 aliphatic rings. The third-order valence-electron chi connectivity index (χ3n) is 3.96. The Balaban J connectivity index is 2.13. The van der Waals surface area contributed by atoms with Crippen LogP contribution in [0.25, 0.3) is 0 Å². The average Bonchev–Trinajstić information content (AvgIpc) is 2.62. The molecule has 2 fully saturated rings. The number of hydrogen-bond donors (Lipinski definition) is 0. The molecule has 0 N–H and O–H groups in total. The van der Waals surface area contributed by atoms with Crippen molar-refractivity contribution in [1.29, 1.82) is 0 Å². The van der Waals surface area contributed by atoms with Gasteiger partial charge in [-0.05, 0) is 18.3 Å². The summed E-state index contributed by atoms with van der Waals surface area (Å²) < 4.78 is 22.6. The molecule has 0 aromatic carbocycles. The van der Waals surface area contributed by atoms with E-state index in [1.54, 1.807) is 14.0 Å². The van der Waals surface area contributed by atoms with Gasteiger partial charge in [-0.15, -0.1) is 0 Å². The topological polar surface area (TPSA) is 36.9 Å². The number of hydrogen-bond acceptors (Lipinski definition) is 4. The zero-order valence-electron chi connectivity index (χ0n) is 10.7. The van der Waals surface area contributed by atoms with Gasteiger partial charge in [0, 0.05) is 14.0 Å². The van der Waals surface area contributed by atoms with E-state index in [1.807, 2.05) is 0 Å². The molecule has 2 aliphatic heterocycles. The van der Waals surface area contributed by atoms with Crippen molar-refractivity contribution in [3.8, 4) is 0 Å². The minimum Gasteiger partial charge on any atom is -0.346 e. The molecule has 0 radical (unpaired) electrons. The maximum Gasteiger partial charge on any atom is 0.282 e. The molecular weight excluding hydrogens is 208 g/mol. The largest absolute Gasteiger partial charge is 0.346 e. The third kappa shape index (κ3) is 1.88. The first kappa shape index (κ1) is 12.3. The third-order valence-corrected chi connectivity index (χ3v) is 3.96. The van der Waals surface area contributed by atoms with Crippen molar-refractivity contribution in [3.05, 3.63) is 0 Å². The van der Waals surface area contributed by atoms with Gasteiger partial charge in [0.2, 0.25) is 0 Å². The summed E-state index contributed by atoms with van der Waals surface area (Å²) in [5.41, 5.74) is 0. The molecular formula is C12H22O4. The van der Waals surface area contributed by atoms with E-state index in [-0.39, 0.29) is 18.5 Å². The van der Waals surface area contributed by atoms with Crippen molar-refractivity contribution in [2.75, 3.05) is 7.11 Å². The van der Waals surface area contributed by atoms with Crippen LogP contribution in [0.15, 0.2) is 0 Å². The standard InChI is InChI=1S/C12H22O4/c1-6-9-7(2)8(3)10-11(14-9)16-12(4,13-5)15-10/h7-11H,6H2,1-5H3. The van der Waals surface area contributed by atoms with E-state index < -0.39 is 5.97 Å². The molecule has 2 saturated heterocycles. The highest BCUT2D eigenvalue weighted by Crippen LogP contribution is 2.42. The Labute approximate surface area is 97.2 Å². The second kappa shape index (κ2) is 4.26. The molecule has 4 heteroatoms. The zero-order valence-corrected chi connectivity index (χ0v) is 10.7. The van der Waals surface area contributed by atoms with Gasteiger partial charge in [-0.25, -0.2) is 0 Å². The van der Waals surface area contributed by atoms with Crippen LogP contribution in [0.1, 0.15) is 34.1 Å². The molecule has 0 aliphatic carbocycles. The smallest absolute Gasteiger partial charge is 0.282 e. The van der Waals surface area contributed by atoms with Crippen LogP contribution < -0.4 is 0 Å². The fraction of sp³-hybridized carbons (Fsp3) is 1.00. The lowest BCUT2D eigenvalue weighted by Crippen LogP contribution is -2.47. The quantitative estimate of drug-likeness (QED) is 0.728. The van der Waals surface area contributed by atoms with Crippen LogP contribution in [0.2, 0.25) is 0 Å². The minimum atomic E-state index is -0.952. The van der Waals surface area contributed by atoms with Crippen molar-refractivity contribution in [2.45, 2.75) is 58.6 Å². The Kier molecular flexibility index (Phi) is 3.27. The van der Waals surface area contributed by atoms with Gasteiger partial charge in [0.15, 0.2) is 6.29 Å². The molecule has 0 spiro atoms. The molecule has 2 rings (SSSR count). The molecule has 6 atom stereocenters. The van der Waals surface area contributed by atoms with E-state index in [0.717, 1.165) is 6.42 Å². The molecule has 16 heavy (non-hydrogen) atoms. The zero-order chi connectivity index (χ0) is 11.9. The van der Waals surface area contributed by atoms with Gasteiger partial charge in [-0.2, -0.15) is 0 Å². The fourth-order valence-corrected chi connectivity index (χ4v) is 2.57. The average molecular weight is 230 g/mol. The van der Waals surface area contributed by atoms with E-state index in [9.17, 15) is 0 Å². The van der Waals surface area contributed by atoms with Gasteiger partial charge in [0.05, 0.1) is 6.10 Å². The summed E-state index contributed by atoms with van der Waals surface area (Å²) in [6, 6.07) is 0. The highest BCUT2D eigenvalue weighted by molar-refractivity contribution is 4.88. The van der Waals surface area contributed by atoms with Crippen LogP contribution in [0.4, 0.5) is 0 Å². The molecule has 4 nitrogen and oxygen atoms in total. The number of rotatable bonds is 2. The Morgan fingerprint density at radius 3 is 2.44 bits per heavy atom. The van der Waals surface area contributed by atoms with E-state index in [1.165, 1.54) is 0 Å². The van der Waals surface area contributed by atoms with Crippen molar-refractivity contribution in [3.63, 3.8) is 0 Å². The summed E-state index contributed by atoms with van der Waals surface area (Å²) in [7, 11) is 1.59. The summed E-state index contributed by atoms with van der Waals surface area (Å²) in [4.78, 5) is 0. The molecule has 2 heterocycles. The van der Waals surface area contributed by atoms with Crippen molar-refractivity contribution >= 4 is 0 Å². The summed E-state index contributed by atoms with van der Waals surface area (Å²) in [5, 5.41) is 0. The van der Waals surface area contributed by atoms with Crippen molar-refractivity contribution in [1.82, 2.24) is 0 Å². The molecule has 6 unspecified atom stereocenters. The maximum atomic E-state index is 5.91. The van der Waals surface area contributed by atoms with Crippen LogP contribution >= 0.6 is 0 Å². The summed E-state index contributed by atoms with van der Waals surface area (Å²) in [6.07, 6.45) is 0.935. The van der Waals surface area contributed by atoms with Crippen LogP contribution in [-0.4, -0.2) is 31.6 Å². The highest BCUT2D eigenvalue weighted by Gasteiger charge is 2.53. The first-order valence-corrected chi connectivity index (χ1v) is 6.07. The lowest BCUT2D eigenvalue weighted by molar-refractivity contribution is -0.333. The maximum absolute atomic E-state index is 5.91. The molecule has 0 saturated carbocycles. The number of fused-ring (bicyclic) bond motifs is 1. The van der Waals surface area contributed by atoms with Gasteiger partial charge >= 0.3 is 0 Å². The Bertz CT molecular complexity index is 257. The Morgan fingerprint density at radius 1 is 1.19 bits per heavy atom. The summed E-state index contributed by atoms with van der Waals surface area (Å²) in [6.45, 7) is 8.33. The van der Waals surface area contributed by atoms with Crippen molar-refractivity contribution < 1.29 is 18.9 Å². The van der Waals surface area contributed by atoms with Gasteiger partial charge in [-0.1, -0.05) is 20.8 Å². The van der Waals surface area contributed by atoms with Crippen molar-refractivity contribution in [2.24, 2.45) is 11.8 Å². The predicted molar refractivity (Wildman–Crippen MR) is 58.7 cm³/mol. The molecule has 0 aromatic heterocycles. The second-order valence-electron chi connectivity index (χ2n) is 4.94. The lowest BCUT2D eigenvalue weighted by atomic mass is 9.83. The Hall–Kier alpha value is -0.160. The molecule has 94 valence electrons. The van der Waals surface area contributed by atoms with Gasteiger partial charge in [0.1, 0.15) is 6.10 Å². The predicted octanol–water partition coefficient (Wildman–Crippen LogP) is 2.13. The minimum absolute atomic E-state index is 0.0252. The second-order valence-corrected chi connectivity index (χ2v) is 4.94. The Morgan fingerprint density at radius 2 is 1.88 bits per heavy atom. The van der Waals surface area contributed by atoms with Gasteiger partial charge in [0.25, 0.3) is 5.97 Å². The normalized spacial score (nSPS) is 52.7. The van der Waals surface area contributed by atoms with E-state index >= 15 is 0 Å². The van der Waals surface area contributed by atoms with Crippen LogP contribution in [0.3, 0.4) is 0 Å². The summed E-state index contributed by atoms with van der Waals surface area (Å²) >= 11 is 0. The van der Waals surface area contributed by atoms with E-state index in [2.05, 4.69) is 20.8 Å². The summed E-state index contributed by atoms with van der Waals surface area (Å²) in [5.74, 6) is -0.0545. The molecule has 0 amide bonds. The monoisotopic (exact) mass is 230 g/mol. The van der Waals surface area contributed by atoms with Crippen LogP contribution in [-0.2, 0) is 18.9 Å². The molecule has 0 bridgehead atoms. The number of ether oxygens (including phenoxy) is 4.